The summed E-state index contributed by atoms with van der Waals surface area (Å²) in [6, 6.07) is 15.8. The second-order valence-electron chi connectivity index (χ2n) is 8.00. The SMILES string of the molecule is O=C(NCc1ccc(F)cc1)c1cccc(Cn2cnc3ccc(-c4cn[nH]c4)c(F)c3c2=O)c1. The molecule has 0 saturated carbocycles. The molecule has 2 heterocycles. The molecule has 0 radical (unpaired) electrons. The first-order chi connectivity index (χ1) is 17.0. The van der Waals surface area contributed by atoms with Crippen molar-refractivity contribution in [3.05, 3.63) is 118 Å². The highest BCUT2D eigenvalue weighted by Crippen LogP contribution is 2.25. The first-order valence-corrected chi connectivity index (χ1v) is 10.8. The highest BCUT2D eigenvalue weighted by Gasteiger charge is 2.16. The minimum absolute atomic E-state index is 0.107. The summed E-state index contributed by atoms with van der Waals surface area (Å²) < 4.78 is 29.6. The van der Waals surface area contributed by atoms with E-state index in [2.05, 4.69) is 20.5 Å². The molecule has 1 amide bonds. The summed E-state index contributed by atoms with van der Waals surface area (Å²) in [5.41, 5.74) is 2.35. The molecule has 0 aliphatic rings. The van der Waals surface area contributed by atoms with Crippen LogP contribution in [0, 0.1) is 11.6 Å². The Morgan fingerprint density at radius 3 is 2.63 bits per heavy atom. The number of carbonyl (C=O) groups is 1. The summed E-state index contributed by atoms with van der Waals surface area (Å²) >= 11 is 0. The van der Waals surface area contributed by atoms with Crippen LogP contribution >= 0.6 is 0 Å². The number of halogens is 2. The zero-order chi connectivity index (χ0) is 24.4. The highest BCUT2D eigenvalue weighted by molar-refractivity contribution is 5.94. The topological polar surface area (TPSA) is 92.7 Å². The van der Waals surface area contributed by atoms with Gasteiger partial charge in [-0.3, -0.25) is 19.3 Å². The van der Waals surface area contributed by atoms with E-state index in [1.54, 1.807) is 54.7 Å². The van der Waals surface area contributed by atoms with Gasteiger partial charge in [-0.2, -0.15) is 5.10 Å². The van der Waals surface area contributed by atoms with Gasteiger partial charge in [0.15, 0.2) is 0 Å². The molecule has 0 saturated heterocycles. The molecule has 35 heavy (non-hydrogen) atoms. The van der Waals surface area contributed by atoms with Crippen LogP contribution in [0.3, 0.4) is 0 Å². The predicted molar refractivity (Wildman–Crippen MR) is 127 cm³/mol. The quantitative estimate of drug-likeness (QED) is 0.391. The molecule has 5 rings (SSSR count). The molecular weight excluding hydrogens is 452 g/mol. The molecule has 0 unspecified atom stereocenters. The number of benzene rings is 3. The van der Waals surface area contributed by atoms with Crippen LogP contribution in [0.25, 0.3) is 22.0 Å². The zero-order valence-electron chi connectivity index (χ0n) is 18.3. The van der Waals surface area contributed by atoms with Gasteiger partial charge < -0.3 is 5.32 Å². The van der Waals surface area contributed by atoms with Crippen LogP contribution in [0.2, 0.25) is 0 Å². The highest BCUT2D eigenvalue weighted by atomic mass is 19.1. The molecule has 9 heteroatoms. The molecule has 5 aromatic rings. The van der Waals surface area contributed by atoms with Crippen LogP contribution in [0.4, 0.5) is 8.78 Å². The van der Waals surface area contributed by atoms with Crippen molar-refractivity contribution in [1.82, 2.24) is 25.1 Å². The Balaban J connectivity index is 1.39. The van der Waals surface area contributed by atoms with Crippen LogP contribution in [0.1, 0.15) is 21.5 Å². The summed E-state index contributed by atoms with van der Waals surface area (Å²) in [4.78, 5) is 30.0. The van der Waals surface area contributed by atoms with Crippen molar-refractivity contribution in [1.29, 1.82) is 0 Å². The van der Waals surface area contributed by atoms with Crippen LogP contribution in [-0.4, -0.2) is 25.7 Å². The minimum atomic E-state index is -0.662. The van der Waals surface area contributed by atoms with Crippen molar-refractivity contribution >= 4 is 16.8 Å². The van der Waals surface area contributed by atoms with Gasteiger partial charge in [-0.05, 0) is 47.5 Å². The van der Waals surface area contributed by atoms with E-state index in [9.17, 15) is 14.0 Å². The Bertz CT molecular complexity index is 1580. The molecule has 0 fully saturated rings. The monoisotopic (exact) mass is 471 g/mol. The van der Waals surface area contributed by atoms with Gasteiger partial charge in [-0.15, -0.1) is 0 Å². The fourth-order valence-electron chi connectivity index (χ4n) is 3.83. The molecular formula is C26H19F2N5O2. The van der Waals surface area contributed by atoms with Gasteiger partial charge in [0.05, 0.1) is 24.6 Å². The number of aromatic amines is 1. The third kappa shape index (κ3) is 4.56. The van der Waals surface area contributed by atoms with Crippen LogP contribution in [-0.2, 0) is 13.1 Å². The fraction of sp³-hybridized carbons (Fsp3) is 0.0769. The maximum atomic E-state index is 15.3. The lowest BCUT2D eigenvalue weighted by molar-refractivity contribution is 0.0951. The van der Waals surface area contributed by atoms with Crippen molar-refractivity contribution in [2.75, 3.05) is 0 Å². The summed E-state index contributed by atoms with van der Waals surface area (Å²) in [6.45, 7) is 0.353. The van der Waals surface area contributed by atoms with Crippen molar-refractivity contribution in [3.8, 4) is 11.1 Å². The van der Waals surface area contributed by atoms with E-state index >= 15 is 4.39 Å². The lowest BCUT2D eigenvalue weighted by Gasteiger charge is -2.10. The average Bonchev–Trinajstić information content (AvgIpc) is 3.40. The number of nitrogens with zero attached hydrogens (tertiary/aromatic N) is 3. The number of H-pyrrole nitrogens is 1. The molecule has 3 aromatic carbocycles. The van der Waals surface area contributed by atoms with E-state index in [4.69, 9.17) is 0 Å². The van der Waals surface area contributed by atoms with Gasteiger partial charge in [0.1, 0.15) is 17.0 Å². The third-order valence-electron chi connectivity index (χ3n) is 5.65. The van der Waals surface area contributed by atoms with Gasteiger partial charge in [0, 0.05) is 29.4 Å². The van der Waals surface area contributed by atoms with E-state index in [1.807, 2.05) is 0 Å². The lowest BCUT2D eigenvalue weighted by atomic mass is 10.1. The number of rotatable bonds is 6. The molecule has 0 atom stereocenters. The lowest BCUT2D eigenvalue weighted by Crippen LogP contribution is -2.24. The van der Waals surface area contributed by atoms with Crippen LogP contribution in [0.15, 0.2) is 84.2 Å². The first-order valence-electron chi connectivity index (χ1n) is 10.8. The van der Waals surface area contributed by atoms with E-state index in [-0.39, 0.29) is 41.3 Å². The molecule has 0 bridgehead atoms. The Morgan fingerprint density at radius 2 is 1.86 bits per heavy atom. The van der Waals surface area contributed by atoms with Gasteiger partial charge in [-0.25, -0.2) is 13.8 Å². The number of hydrogen-bond donors (Lipinski definition) is 2. The molecule has 0 aliphatic heterocycles. The van der Waals surface area contributed by atoms with Gasteiger partial charge in [0.2, 0.25) is 0 Å². The smallest absolute Gasteiger partial charge is 0.264 e. The summed E-state index contributed by atoms with van der Waals surface area (Å²) in [5, 5.41) is 9.14. The number of nitrogens with one attached hydrogen (secondary N) is 2. The van der Waals surface area contributed by atoms with E-state index in [0.29, 0.717) is 16.7 Å². The maximum Gasteiger partial charge on any atom is 0.264 e. The first kappa shape index (κ1) is 22.1. The molecule has 174 valence electrons. The van der Waals surface area contributed by atoms with E-state index < -0.39 is 11.4 Å². The zero-order valence-corrected chi connectivity index (χ0v) is 18.3. The molecule has 0 spiro atoms. The van der Waals surface area contributed by atoms with Gasteiger partial charge in [-0.1, -0.05) is 24.3 Å². The minimum Gasteiger partial charge on any atom is -0.348 e. The number of hydrogen-bond acceptors (Lipinski definition) is 4. The normalized spacial score (nSPS) is 11.0. The summed E-state index contributed by atoms with van der Waals surface area (Å²) in [7, 11) is 0. The number of fused-ring (bicyclic) bond motifs is 1. The van der Waals surface area contributed by atoms with Crippen LogP contribution in [0.5, 0.6) is 0 Å². The summed E-state index contributed by atoms with van der Waals surface area (Å²) in [6.07, 6.45) is 4.39. The molecule has 7 nitrogen and oxygen atoms in total. The van der Waals surface area contributed by atoms with E-state index in [0.717, 1.165) is 5.56 Å². The maximum absolute atomic E-state index is 15.3. The van der Waals surface area contributed by atoms with Gasteiger partial charge >= 0.3 is 0 Å². The number of amides is 1. The Hall–Kier alpha value is -4.66. The van der Waals surface area contributed by atoms with Crippen molar-refractivity contribution in [3.63, 3.8) is 0 Å². The van der Waals surface area contributed by atoms with Crippen molar-refractivity contribution < 1.29 is 13.6 Å². The number of aromatic nitrogens is 4. The summed E-state index contributed by atoms with van der Waals surface area (Å²) in [5.74, 6) is -1.32. The largest absolute Gasteiger partial charge is 0.348 e. The van der Waals surface area contributed by atoms with Gasteiger partial charge in [0.25, 0.3) is 11.5 Å². The Labute approximate surface area is 198 Å². The number of carbonyl (C=O) groups excluding carboxylic acids is 1. The van der Waals surface area contributed by atoms with E-state index in [1.165, 1.54) is 29.2 Å². The molecule has 2 N–H and O–H groups in total. The second kappa shape index (κ2) is 9.30. The average molecular weight is 471 g/mol. The van der Waals surface area contributed by atoms with Crippen molar-refractivity contribution in [2.24, 2.45) is 0 Å². The third-order valence-corrected chi connectivity index (χ3v) is 5.65. The standard InChI is InChI=1S/C26H19F2N5O2/c27-20-6-4-16(5-7-20)11-29-25(34)18-3-1-2-17(10-18)14-33-15-30-22-9-8-21(19-12-31-32-13-19)24(28)23(22)26(33)35/h1-10,12-13,15H,11,14H2,(H,29,34)(H,31,32). The predicted octanol–water partition coefficient (Wildman–Crippen LogP) is 4.04. The van der Waals surface area contributed by atoms with Crippen molar-refractivity contribution in [2.45, 2.75) is 13.1 Å². The fourth-order valence-corrected chi connectivity index (χ4v) is 3.83. The molecule has 0 aliphatic carbocycles. The Kier molecular flexibility index (Phi) is 5.88. The van der Waals surface area contributed by atoms with Crippen LogP contribution < -0.4 is 10.9 Å². The molecule has 2 aromatic heterocycles. The second-order valence-corrected chi connectivity index (χ2v) is 8.00. The Morgan fingerprint density at radius 1 is 1.03 bits per heavy atom.